The number of thioether (sulfide) groups is 1. The van der Waals surface area contributed by atoms with Gasteiger partial charge in [-0.15, -0.1) is 0 Å². The third kappa shape index (κ3) is 5.73. The first kappa shape index (κ1) is 23.0. The van der Waals surface area contributed by atoms with Crippen LogP contribution < -0.4 is 22.5 Å². The maximum atomic E-state index is 14.7. The van der Waals surface area contributed by atoms with E-state index in [1.165, 1.54) is 36.5 Å². The Hall–Kier alpha value is -2.66. The van der Waals surface area contributed by atoms with Crippen LogP contribution in [0.1, 0.15) is 47.5 Å². The summed E-state index contributed by atoms with van der Waals surface area (Å²) in [5, 5.41) is 7.88. The Labute approximate surface area is 185 Å². The number of rotatable bonds is 6. The molecule has 0 spiro atoms. The minimum atomic E-state index is -0.461. The van der Waals surface area contributed by atoms with Gasteiger partial charge in [-0.1, -0.05) is 18.9 Å². The van der Waals surface area contributed by atoms with Crippen LogP contribution in [0.2, 0.25) is 0 Å². The maximum absolute atomic E-state index is 14.7. The fraction of sp³-hybridized carbons (Fsp3) is 0.333. The third-order valence-electron chi connectivity index (χ3n) is 5.18. The van der Waals surface area contributed by atoms with Crippen LogP contribution in [0.15, 0.2) is 46.4 Å². The van der Waals surface area contributed by atoms with Crippen LogP contribution in [-0.4, -0.2) is 30.2 Å². The van der Waals surface area contributed by atoms with Crippen LogP contribution in [0.25, 0.3) is 0 Å². The summed E-state index contributed by atoms with van der Waals surface area (Å²) >= 11 is 1.13. The molecule has 1 saturated carbocycles. The summed E-state index contributed by atoms with van der Waals surface area (Å²) < 4.78 is 14.7. The molecule has 10 heteroatoms. The first-order valence-electron chi connectivity index (χ1n) is 9.98. The average molecular weight is 448 g/mol. The highest BCUT2D eigenvalue weighted by molar-refractivity contribution is 8.13. The molecule has 0 atom stereocenters. The summed E-state index contributed by atoms with van der Waals surface area (Å²) in [6, 6.07) is 10.2. The van der Waals surface area contributed by atoms with Crippen LogP contribution in [0.5, 0.6) is 0 Å². The second-order valence-corrected chi connectivity index (χ2v) is 8.42. The first-order valence-corrected chi connectivity index (χ1v) is 10.8. The number of quaternary nitrogens is 1. The van der Waals surface area contributed by atoms with Crippen molar-refractivity contribution >= 4 is 34.2 Å². The molecule has 1 aliphatic carbocycles. The van der Waals surface area contributed by atoms with Crippen molar-refractivity contribution in [2.45, 2.75) is 36.5 Å². The van der Waals surface area contributed by atoms with E-state index >= 15 is 0 Å². The number of hydrazine groups is 1. The highest BCUT2D eigenvalue weighted by Crippen LogP contribution is 2.35. The molecule has 0 bridgehead atoms. The Balaban J connectivity index is 1.86. The molecular formula is C21H28FN6O2S+. The number of hydrazone groups is 1. The lowest BCUT2D eigenvalue weighted by molar-refractivity contribution is -0.830. The lowest BCUT2D eigenvalue weighted by Gasteiger charge is -2.16. The Morgan fingerprint density at radius 2 is 2.03 bits per heavy atom. The first-order chi connectivity index (χ1) is 14.9. The lowest BCUT2D eigenvalue weighted by Crippen LogP contribution is -2.75. The van der Waals surface area contributed by atoms with E-state index < -0.39 is 11.7 Å². The molecule has 166 valence electrons. The molecule has 1 fully saturated rings. The van der Waals surface area contributed by atoms with Crippen LogP contribution in [0.3, 0.4) is 0 Å². The van der Waals surface area contributed by atoms with Gasteiger partial charge in [-0.25, -0.2) is 15.1 Å². The molecule has 2 aromatic carbocycles. The minimum absolute atomic E-state index is 0.132. The van der Waals surface area contributed by atoms with Crippen molar-refractivity contribution in [3.63, 3.8) is 0 Å². The SMILES string of the molecule is CO[NH2+]c1ccc(S/C(=N/N)N(C)N)c(C(=O)Nc2ccc(C3CCCC3)cc2F)c1. The zero-order valence-electron chi connectivity index (χ0n) is 17.6. The van der Waals surface area contributed by atoms with Gasteiger partial charge in [0.05, 0.1) is 18.4 Å². The van der Waals surface area contributed by atoms with E-state index in [0.717, 1.165) is 30.2 Å². The van der Waals surface area contributed by atoms with E-state index in [4.69, 9.17) is 16.5 Å². The third-order valence-corrected chi connectivity index (χ3v) is 6.34. The number of nitrogens with two attached hydrogens (primary N) is 3. The van der Waals surface area contributed by atoms with Gasteiger partial charge in [-0.05, 0) is 54.3 Å². The van der Waals surface area contributed by atoms with E-state index in [9.17, 15) is 9.18 Å². The van der Waals surface area contributed by atoms with Gasteiger partial charge in [-0.2, -0.15) is 10.6 Å². The Morgan fingerprint density at radius 1 is 1.29 bits per heavy atom. The molecule has 0 aromatic heterocycles. The van der Waals surface area contributed by atoms with E-state index in [-0.39, 0.29) is 5.69 Å². The summed E-state index contributed by atoms with van der Waals surface area (Å²) in [5.74, 6) is 10.6. The summed E-state index contributed by atoms with van der Waals surface area (Å²) in [5.41, 5.74) is 3.62. The number of nitrogens with one attached hydrogen (secondary N) is 1. The number of nitrogens with zero attached hydrogens (tertiary/aromatic N) is 2. The van der Waals surface area contributed by atoms with Crippen molar-refractivity contribution in [2.75, 3.05) is 19.5 Å². The van der Waals surface area contributed by atoms with Crippen molar-refractivity contribution < 1.29 is 19.5 Å². The maximum Gasteiger partial charge on any atom is 0.257 e. The van der Waals surface area contributed by atoms with Crippen molar-refractivity contribution in [1.82, 2.24) is 5.01 Å². The molecule has 31 heavy (non-hydrogen) atoms. The van der Waals surface area contributed by atoms with E-state index in [2.05, 4.69) is 10.4 Å². The molecule has 7 N–H and O–H groups in total. The van der Waals surface area contributed by atoms with E-state index in [0.29, 0.717) is 27.2 Å². The number of hydrogen-bond acceptors (Lipinski definition) is 6. The summed E-state index contributed by atoms with van der Waals surface area (Å²) in [4.78, 5) is 18.7. The molecule has 3 rings (SSSR count). The number of carbonyl (C=O) groups excluding carboxylic acids is 1. The predicted molar refractivity (Wildman–Crippen MR) is 120 cm³/mol. The van der Waals surface area contributed by atoms with Crippen molar-refractivity contribution in [3.8, 4) is 0 Å². The Morgan fingerprint density at radius 3 is 2.65 bits per heavy atom. The van der Waals surface area contributed by atoms with Gasteiger partial charge in [0.15, 0.2) is 5.69 Å². The molecule has 0 unspecified atom stereocenters. The van der Waals surface area contributed by atoms with Gasteiger partial charge in [0.2, 0.25) is 5.17 Å². The Kier molecular flexibility index (Phi) is 7.85. The lowest BCUT2D eigenvalue weighted by atomic mass is 9.97. The second kappa shape index (κ2) is 10.6. The zero-order chi connectivity index (χ0) is 22.4. The molecule has 1 aliphatic rings. The van der Waals surface area contributed by atoms with Gasteiger partial charge >= 0.3 is 0 Å². The van der Waals surface area contributed by atoms with Gasteiger partial charge in [-0.3, -0.25) is 9.80 Å². The van der Waals surface area contributed by atoms with E-state index in [1.54, 1.807) is 31.3 Å². The topological polar surface area (TPSA) is 123 Å². The molecule has 0 saturated heterocycles. The predicted octanol–water partition coefficient (Wildman–Crippen LogP) is 2.62. The standard InChI is InChI=1S/C21H27FN6O2S/c1-28(24)21(26-23)31-19-10-8-15(27-30-2)12-16(19)20(29)25-18-9-7-14(11-17(18)22)13-5-3-4-6-13/h7-13,27H,3-6,23-24H2,1-2H3,(H,25,29)/p+1/b26-21+. The molecular weight excluding hydrogens is 419 g/mol. The van der Waals surface area contributed by atoms with E-state index in [1.807, 2.05) is 6.07 Å². The molecule has 0 aliphatic heterocycles. The summed E-state index contributed by atoms with van der Waals surface area (Å²) in [7, 11) is 3.11. The smallest absolute Gasteiger partial charge is 0.257 e. The van der Waals surface area contributed by atoms with Gasteiger partial charge in [0.1, 0.15) is 5.82 Å². The number of halogens is 1. The number of anilines is 1. The number of carbonyl (C=O) groups is 1. The van der Waals surface area contributed by atoms with Crippen molar-refractivity contribution in [3.05, 3.63) is 53.3 Å². The van der Waals surface area contributed by atoms with Crippen LogP contribution in [0.4, 0.5) is 15.8 Å². The normalized spacial score (nSPS) is 14.6. The fourth-order valence-electron chi connectivity index (χ4n) is 3.65. The van der Waals surface area contributed by atoms with Crippen LogP contribution in [-0.2, 0) is 4.84 Å². The zero-order valence-corrected chi connectivity index (χ0v) is 18.4. The van der Waals surface area contributed by atoms with Crippen molar-refractivity contribution in [2.24, 2.45) is 16.8 Å². The highest BCUT2D eigenvalue weighted by atomic mass is 32.2. The summed E-state index contributed by atoms with van der Waals surface area (Å²) in [6.45, 7) is 0. The fourth-order valence-corrected chi connectivity index (χ4v) is 4.44. The second-order valence-electron chi connectivity index (χ2n) is 7.41. The number of hydrogen-bond donors (Lipinski definition) is 4. The van der Waals surface area contributed by atoms with Gasteiger partial charge < -0.3 is 11.2 Å². The molecule has 0 radical (unpaired) electrons. The quantitative estimate of drug-likeness (QED) is 0.135. The number of amidine groups is 1. The Bertz CT molecular complexity index is 963. The molecule has 0 heterocycles. The molecule has 1 amide bonds. The molecule has 8 nitrogen and oxygen atoms in total. The minimum Gasteiger partial charge on any atom is -0.321 e. The average Bonchev–Trinajstić information content (AvgIpc) is 3.29. The van der Waals surface area contributed by atoms with Gasteiger partial charge in [0, 0.05) is 24.1 Å². The van der Waals surface area contributed by atoms with Gasteiger partial charge in [0.25, 0.3) is 5.91 Å². The van der Waals surface area contributed by atoms with Crippen LogP contribution in [0, 0.1) is 5.82 Å². The summed E-state index contributed by atoms with van der Waals surface area (Å²) in [6.07, 6.45) is 4.50. The number of amides is 1. The monoisotopic (exact) mass is 447 g/mol. The molecule has 2 aromatic rings. The van der Waals surface area contributed by atoms with Crippen LogP contribution >= 0.6 is 11.8 Å². The number of benzene rings is 2. The van der Waals surface area contributed by atoms with Crippen molar-refractivity contribution in [1.29, 1.82) is 0 Å². The largest absolute Gasteiger partial charge is 0.321 e. The highest BCUT2D eigenvalue weighted by Gasteiger charge is 2.21.